The molecular weight excluding hydrogens is 382 g/mol. The summed E-state index contributed by atoms with van der Waals surface area (Å²) < 4.78 is 21.1. The van der Waals surface area contributed by atoms with E-state index < -0.39 is 11.9 Å². The lowest BCUT2D eigenvalue weighted by Crippen LogP contribution is -2.13. The molecule has 2 rings (SSSR count). The van der Waals surface area contributed by atoms with Crippen molar-refractivity contribution in [3.63, 3.8) is 0 Å². The number of hydrogen-bond acceptors (Lipinski definition) is 7. The van der Waals surface area contributed by atoms with E-state index in [0.717, 1.165) is 34.1 Å². The number of carboxylic acids is 2. The quantitative estimate of drug-likeness (QED) is 0.565. The highest BCUT2D eigenvalue weighted by atomic mass is 16.5. The normalized spacial score (nSPS) is 9.66. The van der Waals surface area contributed by atoms with Crippen LogP contribution in [0.15, 0.2) is 36.4 Å². The number of hydrogen-bond donors (Lipinski definition) is 3. The van der Waals surface area contributed by atoms with E-state index in [0.29, 0.717) is 13.1 Å². The van der Waals surface area contributed by atoms with E-state index in [1.807, 2.05) is 36.4 Å². The zero-order valence-electron chi connectivity index (χ0n) is 16.7. The first-order valence-electron chi connectivity index (χ1n) is 8.43. The lowest BCUT2D eigenvalue weighted by atomic mass is 10.1. The lowest BCUT2D eigenvalue weighted by Gasteiger charge is -2.11. The summed E-state index contributed by atoms with van der Waals surface area (Å²) in [6, 6.07) is 11.7. The number of methoxy groups -OCH3 is 4. The molecule has 0 saturated carbocycles. The summed E-state index contributed by atoms with van der Waals surface area (Å²) in [6.45, 7) is 1.40. The second-order valence-corrected chi connectivity index (χ2v) is 5.66. The van der Waals surface area contributed by atoms with Crippen LogP contribution in [0.3, 0.4) is 0 Å². The minimum Gasteiger partial charge on any atom is -0.497 e. The highest BCUT2D eigenvalue weighted by molar-refractivity contribution is 6.27. The van der Waals surface area contributed by atoms with Crippen molar-refractivity contribution in [3.8, 4) is 23.0 Å². The fraction of sp³-hybridized carbons (Fsp3) is 0.300. The predicted octanol–water partition coefficient (Wildman–Crippen LogP) is 2.17. The van der Waals surface area contributed by atoms with Gasteiger partial charge in [-0.3, -0.25) is 0 Å². The van der Waals surface area contributed by atoms with Gasteiger partial charge in [0.2, 0.25) is 0 Å². The van der Waals surface area contributed by atoms with Crippen LogP contribution in [0.25, 0.3) is 0 Å². The molecule has 29 heavy (non-hydrogen) atoms. The van der Waals surface area contributed by atoms with Gasteiger partial charge in [0, 0.05) is 25.2 Å². The van der Waals surface area contributed by atoms with E-state index in [1.54, 1.807) is 28.4 Å². The van der Waals surface area contributed by atoms with Gasteiger partial charge in [0.1, 0.15) is 23.0 Å². The van der Waals surface area contributed by atoms with Gasteiger partial charge in [0.05, 0.1) is 28.4 Å². The number of carboxylic acid groups (broad SMARTS) is 2. The van der Waals surface area contributed by atoms with E-state index in [4.69, 9.17) is 38.7 Å². The number of rotatable bonds is 8. The monoisotopic (exact) mass is 407 g/mol. The Morgan fingerprint density at radius 1 is 0.655 bits per heavy atom. The van der Waals surface area contributed by atoms with Gasteiger partial charge < -0.3 is 34.5 Å². The molecule has 0 atom stereocenters. The molecule has 0 aliphatic carbocycles. The van der Waals surface area contributed by atoms with Crippen LogP contribution < -0.4 is 24.3 Å². The van der Waals surface area contributed by atoms with E-state index in [9.17, 15) is 0 Å². The molecule has 0 aromatic heterocycles. The Morgan fingerprint density at radius 2 is 0.931 bits per heavy atom. The van der Waals surface area contributed by atoms with E-state index in [2.05, 4.69) is 5.32 Å². The fourth-order valence-corrected chi connectivity index (χ4v) is 2.29. The van der Waals surface area contributed by atoms with Crippen molar-refractivity contribution in [3.05, 3.63) is 47.5 Å². The molecule has 0 amide bonds. The molecule has 3 N–H and O–H groups in total. The maximum absolute atomic E-state index is 9.10. The predicted molar refractivity (Wildman–Crippen MR) is 105 cm³/mol. The van der Waals surface area contributed by atoms with E-state index >= 15 is 0 Å². The SMILES string of the molecule is COc1cc(CNCc2cc(OC)cc(OC)c2)cc(OC)c1.O=C(O)C(=O)O. The largest absolute Gasteiger partial charge is 0.497 e. The molecular formula is C20H25NO8. The number of aliphatic carboxylic acids is 2. The van der Waals surface area contributed by atoms with Gasteiger partial charge in [0.15, 0.2) is 0 Å². The summed E-state index contributed by atoms with van der Waals surface area (Å²) in [5.74, 6) is -0.521. The maximum atomic E-state index is 9.10. The number of carbonyl (C=O) groups is 2. The van der Waals surface area contributed by atoms with Crippen LogP contribution in [0.4, 0.5) is 0 Å². The van der Waals surface area contributed by atoms with Crippen molar-refractivity contribution in [1.29, 1.82) is 0 Å². The molecule has 0 heterocycles. The first kappa shape index (κ1) is 23.6. The molecule has 158 valence electrons. The lowest BCUT2D eigenvalue weighted by molar-refractivity contribution is -0.159. The van der Waals surface area contributed by atoms with Crippen molar-refractivity contribution >= 4 is 11.9 Å². The highest BCUT2D eigenvalue weighted by Crippen LogP contribution is 2.24. The molecule has 0 fully saturated rings. The van der Waals surface area contributed by atoms with Crippen LogP contribution >= 0.6 is 0 Å². The third-order valence-electron chi connectivity index (χ3n) is 3.66. The zero-order valence-corrected chi connectivity index (χ0v) is 16.7. The Hall–Kier alpha value is -3.46. The Morgan fingerprint density at radius 3 is 1.14 bits per heavy atom. The molecule has 2 aromatic carbocycles. The third-order valence-corrected chi connectivity index (χ3v) is 3.66. The molecule has 0 bridgehead atoms. The molecule has 2 aromatic rings. The van der Waals surface area contributed by atoms with Gasteiger partial charge in [-0.25, -0.2) is 9.59 Å². The average molecular weight is 407 g/mol. The summed E-state index contributed by atoms with van der Waals surface area (Å²) in [7, 11) is 6.59. The van der Waals surface area contributed by atoms with Crippen molar-refractivity contribution in [1.82, 2.24) is 5.32 Å². The summed E-state index contributed by atoms with van der Waals surface area (Å²) in [4.78, 5) is 18.2. The standard InChI is InChI=1S/C18H23NO4.C2H2O4/c1-20-15-5-13(6-16(9-15)21-2)11-19-12-14-7-17(22-3)10-18(8-14)23-4;3-1(4)2(5)6/h5-10,19H,11-12H2,1-4H3;(H,3,4)(H,5,6). The minimum absolute atomic E-state index is 0.701. The summed E-state index contributed by atoms with van der Waals surface area (Å²) in [5, 5.41) is 18.2. The molecule has 0 spiro atoms. The summed E-state index contributed by atoms with van der Waals surface area (Å²) in [5.41, 5.74) is 2.19. The van der Waals surface area contributed by atoms with Gasteiger partial charge in [-0.1, -0.05) is 0 Å². The van der Waals surface area contributed by atoms with Gasteiger partial charge in [0.25, 0.3) is 0 Å². The molecule has 9 nitrogen and oxygen atoms in total. The van der Waals surface area contributed by atoms with Gasteiger partial charge in [-0.15, -0.1) is 0 Å². The van der Waals surface area contributed by atoms with Gasteiger partial charge >= 0.3 is 11.9 Å². The van der Waals surface area contributed by atoms with Crippen molar-refractivity contribution in [2.75, 3.05) is 28.4 Å². The molecule has 0 aliphatic rings. The van der Waals surface area contributed by atoms with Gasteiger partial charge in [-0.2, -0.15) is 0 Å². The van der Waals surface area contributed by atoms with Crippen LogP contribution in [-0.4, -0.2) is 50.6 Å². The zero-order chi connectivity index (χ0) is 21.8. The van der Waals surface area contributed by atoms with Crippen LogP contribution in [0, 0.1) is 0 Å². The summed E-state index contributed by atoms with van der Waals surface area (Å²) >= 11 is 0. The molecule has 0 saturated heterocycles. The number of ether oxygens (including phenoxy) is 4. The maximum Gasteiger partial charge on any atom is 0.414 e. The number of benzene rings is 2. The van der Waals surface area contributed by atoms with Crippen LogP contribution in [0.2, 0.25) is 0 Å². The second-order valence-electron chi connectivity index (χ2n) is 5.66. The second kappa shape index (κ2) is 12.1. The first-order valence-corrected chi connectivity index (χ1v) is 8.43. The van der Waals surface area contributed by atoms with Crippen LogP contribution in [0.5, 0.6) is 23.0 Å². The first-order chi connectivity index (χ1) is 13.8. The minimum atomic E-state index is -1.82. The Kier molecular flexibility index (Phi) is 9.83. The van der Waals surface area contributed by atoms with Crippen LogP contribution in [0.1, 0.15) is 11.1 Å². The molecule has 0 unspecified atom stereocenters. The topological polar surface area (TPSA) is 124 Å². The van der Waals surface area contributed by atoms with Crippen molar-refractivity contribution in [2.45, 2.75) is 13.1 Å². The van der Waals surface area contributed by atoms with E-state index in [-0.39, 0.29) is 0 Å². The Balaban J connectivity index is 0.000000612. The highest BCUT2D eigenvalue weighted by Gasteiger charge is 2.05. The van der Waals surface area contributed by atoms with Crippen LogP contribution in [-0.2, 0) is 22.7 Å². The molecule has 9 heteroatoms. The smallest absolute Gasteiger partial charge is 0.414 e. The number of nitrogens with one attached hydrogen (secondary N) is 1. The Bertz CT molecular complexity index is 710. The molecule has 0 aliphatic heterocycles. The average Bonchev–Trinajstić information content (AvgIpc) is 2.73. The van der Waals surface area contributed by atoms with Crippen molar-refractivity contribution < 1.29 is 38.7 Å². The molecule has 0 radical (unpaired) electrons. The third kappa shape index (κ3) is 8.39. The van der Waals surface area contributed by atoms with E-state index in [1.165, 1.54) is 0 Å². The van der Waals surface area contributed by atoms with Crippen molar-refractivity contribution in [2.24, 2.45) is 0 Å². The summed E-state index contributed by atoms with van der Waals surface area (Å²) in [6.07, 6.45) is 0. The van der Waals surface area contributed by atoms with Gasteiger partial charge in [-0.05, 0) is 35.4 Å². The Labute approximate surface area is 168 Å². The fourth-order valence-electron chi connectivity index (χ4n) is 2.29.